The van der Waals surface area contributed by atoms with Gasteiger partial charge in [0.1, 0.15) is 0 Å². The molecule has 1 rings (SSSR count). The largest absolute Gasteiger partial charge is 0.248 e. The van der Waals surface area contributed by atoms with Gasteiger partial charge in [-0.2, -0.15) is 5.26 Å². The predicted octanol–water partition coefficient (Wildman–Crippen LogP) is 2.23. The van der Waals surface area contributed by atoms with E-state index < -0.39 is 0 Å². The number of nitrogens with zero attached hydrogens (tertiary/aromatic N) is 1. The quantitative estimate of drug-likeness (QED) is 0.469. The van der Waals surface area contributed by atoms with Crippen LogP contribution < -0.4 is 0 Å². The third-order valence-corrected chi connectivity index (χ3v) is 0.903. The number of hydrogen-bond acceptors (Lipinski definition) is 3. The summed E-state index contributed by atoms with van der Waals surface area (Å²) in [7, 11) is 0. The van der Waals surface area contributed by atoms with E-state index in [2.05, 4.69) is 12.2 Å². The van der Waals surface area contributed by atoms with Gasteiger partial charge < -0.3 is 0 Å². The Bertz CT molecular complexity index is 268. The van der Waals surface area contributed by atoms with Gasteiger partial charge in [0.2, 0.25) is 0 Å². The Balaban J connectivity index is 0.000000292. The maximum Gasteiger partial charge on any atom is 0.0991 e. The minimum absolute atomic E-state index is 0.715. The Kier molecular flexibility index (Phi) is 5.73. The Labute approximate surface area is 70.6 Å². The smallest absolute Gasteiger partial charge is 0.0991 e. The summed E-state index contributed by atoms with van der Waals surface area (Å²) in [5, 5.41) is 15.6. The van der Waals surface area contributed by atoms with Gasteiger partial charge in [0.15, 0.2) is 0 Å². The van der Waals surface area contributed by atoms with Gasteiger partial charge in [-0.1, -0.05) is 18.2 Å². The van der Waals surface area contributed by atoms with Crippen LogP contribution in [0.2, 0.25) is 0 Å². The van der Waals surface area contributed by atoms with E-state index >= 15 is 0 Å². The number of hydrogen-bond donors (Lipinski definition) is 1. The van der Waals surface area contributed by atoms with Gasteiger partial charge in [-0.3, -0.25) is 0 Å². The number of nitriles is 1. The van der Waals surface area contributed by atoms with Gasteiger partial charge in [0.05, 0.1) is 16.8 Å². The molecule has 2 nitrogen and oxygen atoms in total. The maximum absolute atomic E-state index is 8.29. The van der Waals surface area contributed by atoms with Crippen molar-refractivity contribution in [3.63, 3.8) is 0 Å². The fourth-order valence-corrected chi connectivity index (χ4v) is 0.513. The lowest BCUT2D eigenvalue weighted by atomic mass is 10.2. The SMILES string of the molecule is N#Cc1ccccc1.N=C=S. The number of nitrogens with one attached hydrogen (secondary N) is 1. The molecule has 0 radical (unpaired) electrons. The summed E-state index contributed by atoms with van der Waals surface area (Å²) in [5.41, 5.74) is 0.715. The van der Waals surface area contributed by atoms with E-state index in [9.17, 15) is 0 Å². The summed E-state index contributed by atoms with van der Waals surface area (Å²) in [4.78, 5) is 0. The minimum Gasteiger partial charge on any atom is -0.248 e. The third-order valence-electron chi connectivity index (χ3n) is 0.903. The summed E-state index contributed by atoms with van der Waals surface area (Å²) in [6, 6.07) is 11.2. The highest BCUT2D eigenvalue weighted by Gasteiger charge is 1.79. The van der Waals surface area contributed by atoms with E-state index in [4.69, 9.17) is 10.7 Å². The molecule has 0 aliphatic rings. The molecule has 11 heavy (non-hydrogen) atoms. The van der Waals surface area contributed by atoms with E-state index in [1.807, 2.05) is 24.3 Å². The first-order valence-corrected chi connectivity index (χ1v) is 3.25. The summed E-state index contributed by atoms with van der Waals surface area (Å²) in [6.45, 7) is 0. The van der Waals surface area contributed by atoms with Crippen LogP contribution in [0.15, 0.2) is 30.3 Å². The van der Waals surface area contributed by atoms with Crippen molar-refractivity contribution in [3.8, 4) is 6.07 Å². The molecule has 0 unspecified atom stereocenters. The van der Waals surface area contributed by atoms with Crippen molar-refractivity contribution in [1.82, 2.24) is 0 Å². The summed E-state index contributed by atoms with van der Waals surface area (Å²) < 4.78 is 0. The summed E-state index contributed by atoms with van der Waals surface area (Å²) in [6.07, 6.45) is 0. The van der Waals surface area contributed by atoms with Crippen molar-refractivity contribution in [2.75, 3.05) is 0 Å². The average Bonchev–Trinajstić information content (AvgIpc) is 2.08. The van der Waals surface area contributed by atoms with E-state index in [1.165, 1.54) is 0 Å². The van der Waals surface area contributed by atoms with Gasteiger partial charge in [-0.15, -0.1) is 0 Å². The Hall–Kier alpha value is -1.49. The van der Waals surface area contributed by atoms with E-state index in [0.717, 1.165) is 0 Å². The molecule has 3 heteroatoms. The Morgan fingerprint density at radius 3 is 2.00 bits per heavy atom. The van der Waals surface area contributed by atoms with Crippen LogP contribution in [-0.4, -0.2) is 5.16 Å². The Morgan fingerprint density at radius 2 is 1.73 bits per heavy atom. The number of isothiocyanates is 1. The monoisotopic (exact) mass is 162 g/mol. The highest BCUT2D eigenvalue weighted by Crippen LogP contribution is 1.92. The van der Waals surface area contributed by atoms with Crippen LogP contribution in [0.25, 0.3) is 0 Å². The third kappa shape index (κ3) is 4.98. The van der Waals surface area contributed by atoms with Crippen LogP contribution in [0, 0.1) is 16.7 Å². The van der Waals surface area contributed by atoms with Crippen LogP contribution in [0.1, 0.15) is 5.56 Å². The fourth-order valence-electron chi connectivity index (χ4n) is 0.513. The molecule has 0 aliphatic heterocycles. The Morgan fingerprint density at radius 1 is 1.27 bits per heavy atom. The standard InChI is InChI=1S/C7H5N.CHNS/c8-6-7-4-2-1-3-5-7;2-1-3/h1-5H;2H. The molecule has 0 bridgehead atoms. The highest BCUT2D eigenvalue weighted by atomic mass is 32.1. The first-order chi connectivity index (χ1) is 5.35. The second-order valence-corrected chi connectivity index (χ2v) is 1.78. The zero-order chi connectivity index (χ0) is 8.53. The molecule has 0 spiro atoms. The van der Waals surface area contributed by atoms with Crippen molar-refractivity contribution < 1.29 is 0 Å². The molecule has 0 fully saturated rings. The molecule has 0 heterocycles. The van der Waals surface area contributed by atoms with Crippen molar-refractivity contribution in [2.45, 2.75) is 0 Å². The lowest BCUT2D eigenvalue weighted by molar-refractivity contribution is 1.49. The van der Waals surface area contributed by atoms with Crippen molar-refractivity contribution in [3.05, 3.63) is 35.9 Å². The van der Waals surface area contributed by atoms with E-state index in [0.29, 0.717) is 5.56 Å². The molecule has 0 saturated heterocycles. The van der Waals surface area contributed by atoms with E-state index in [-0.39, 0.29) is 0 Å². The molecule has 0 amide bonds. The normalized spacial score (nSPS) is 6.45. The summed E-state index contributed by atoms with van der Waals surface area (Å²) in [5.74, 6) is 0. The van der Waals surface area contributed by atoms with Crippen LogP contribution in [0.3, 0.4) is 0 Å². The molecule has 0 atom stereocenters. The first-order valence-electron chi connectivity index (χ1n) is 2.84. The second kappa shape index (κ2) is 6.63. The topological polar surface area (TPSA) is 47.6 Å². The molecular formula is C8H6N2S. The van der Waals surface area contributed by atoms with Crippen LogP contribution in [0.4, 0.5) is 0 Å². The predicted molar refractivity (Wildman–Crippen MR) is 46.5 cm³/mol. The molecule has 0 aromatic heterocycles. The molecule has 54 valence electrons. The first kappa shape index (κ1) is 9.51. The minimum atomic E-state index is 0.715. The van der Waals surface area contributed by atoms with Crippen molar-refractivity contribution in [2.24, 2.45) is 0 Å². The average molecular weight is 162 g/mol. The van der Waals surface area contributed by atoms with Gasteiger partial charge in [0, 0.05) is 0 Å². The van der Waals surface area contributed by atoms with Crippen molar-refractivity contribution >= 4 is 17.4 Å². The molecule has 1 aromatic rings. The van der Waals surface area contributed by atoms with Crippen LogP contribution in [0.5, 0.6) is 0 Å². The summed E-state index contributed by atoms with van der Waals surface area (Å²) >= 11 is 3.81. The van der Waals surface area contributed by atoms with Crippen molar-refractivity contribution in [1.29, 1.82) is 10.7 Å². The molecular weight excluding hydrogens is 156 g/mol. The number of benzene rings is 1. The van der Waals surface area contributed by atoms with Gasteiger partial charge in [-0.05, 0) is 24.4 Å². The van der Waals surface area contributed by atoms with E-state index in [1.54, 1.807) is 17.3 Å². The highest BCUT2D eigenvalue weighted by molar-refractivity contribution is 7.78. The van der Waals surface area contributed by atoms with Crippen LogP contribution in [-0.2, 0) is 0 Å². The zero-order valence-corrected chi connectivity index (χ0v) is 6.56. The number of thiocarbonyl (C=S) groups is 1. The molecule has 1 N–H and O–H groups in total. The lowest BCUT2D eigenvalue weighted by Crippen LogP contribution is -1.66. The molecule has 0 saturated carbocycles. The number of rotatable bonds is 0. The molecule has 0 aliphatic carbocycles. The fraction of sp³-hybridized carbons (Fsp3) is 0. The second-order valence-electron chi connectivity index (χ2n) is 1.58. The molecule has 1 aromatic carbocycles. The van der Waals surface area contributed by atoms with Gasteiger partial charge >= 0.3 is 0 Å². The van der Waals surface area contributed by atoms with Gasteiger partial charge in [-0.25, -0.2) is 5.41 Å². The van der Waals surface area contributed by atoms with Gasteiger partial charge in [0.25, 0.3) is 0 Å². The van der Waals surface area contributed by atoms with Crippen LogP contribution >= 0.6 is 12.2 Å². The zero-order valence-electron chi connectivity index (χ0n) is 5.74. The lowest BCUT2D eigenvalue weighted by Gasteiger charge is -1.80. The maximum atomic E-state index is 8.29.